The zero-order valence-electron chi connectivity index (χ0n) is 11.1. The Morgan fingerprint density at radius 3 is 2.89 bits per heavy atom. The van der Waals surface area contributed by atoms with Crippen LogP contribution in [0.5, 0.6) is 0 Å². The van der Waals surface area contributed by atoms with E-state index in [1.807, 2.05) is 6.92 Å². The lowest BCUT2D eigenvalue weighted by Crippen LogP contribution is -2.44. The summed E-state index contributed by atoms with van der Waals surface area (Å²) in [5.74, 6) is 0.0158. The van der Waals surface area contributed by atoms with Crippen LogP contribution in [0.4, 0.5) is 0 Å². The molecule has 0 aromatic carbocycles. The summed E-state index contributed by atoms with van der Waals surface area (Å²) in [5.41, 5.74) is 0.792. The van der Waals surface area contributed by atoms with Crippen LogP contribution >= 0.6 is 0 Å². The van der Waals surface area contributed by atoms with Crippen molar-refractivity contribution in [3.63, 3.8) is 0 Å². The number of morpholine rings is 1. The molecule has 0 bridgehead atoms. The van der Waals surface area contributed by atoms with Crippen molar-refractivity contribution in [1.82, 2.24) is 10.2 Å². The van der Waals surface area contributed by atoms with Crippen LogP contribution in [0.15, 0.2) is 16.7 Å². The van der Waals surface area contributed by atoms with Gasteiger partial charge < -0.3 is 19.6 Å². The maximum Gasteiger partial charge on any atom is 0.287 e. The molecule has 2 N–H and O–H groups in total. The number of β-amino-alcohol motifs (C(OH)–C–C–N with tert-alkyl or cyclic N) is 1. The van der Waals surface area contributed by atoms with Crippen molar-refractivity contribution in [3.05, 3.63) is 23.7 Å². The molecule has 1 atom stereocenters. The minimum absolute atomic E-state index is 0.219. The normalized spacial score (nSPS) is 18.2. The summed E-state index contributed by atoms with van der Waals surface area (Å²) >= 11 is 0. The lowest BCUT2D eigenvalue weighted by atomic mass is 10.2. The summed E-state index contributed by atoms with van der Waals surface area (Å²) in [5, 5.41) is 12.6. The van der Waals surface area contributed by atoms with E-state index >= 15 is 0 Å². The van der Waals surface area contributed by atoms with Crippen molar-refractivity contribution >= 4 is 5.91 Å². The minimum atomic E-state index is -0.586. The Hall–Kier alpha value is -1.37. The molecule has 1 fully saturated rings. The molecule has 1 unspecified atom stereocenters. The van der Waals surface area contributed by atoms with E-state index in [1.54, 1.807) is 6.07 Å². The molecule has 0 radical (unpaired) electrons. The molecule has 0 spiro atoms. The number of hydrogen-bond acceptors (Lipinski definition) is 5. The van der Waals surface area contributed by atoms with Crippen LogP contribution < -0.4 is 5.32 Å². The van der Waals surface area contributed by atoms with E-state index in [0.29, 0.717) is 25.5 Å². The maximum absolute atomic E-state index is 11.8. The van der Waals surface area contributed by atoms with E-state index in [2.05, 4.69) is 10.2 Å². The van der Waals surface area contributed by atoms with Gasteiger partial charge in [0, 0.05) is 31.7 Å². The van der Waals surface area contributed by atoms with Crippen molar-refractivity contribution in [2.75, 3.05) is 39.4 Å². The molecule has 2 rings (SSSR count). The molecule has 106 valence electrons. The van der Waals surface area contributed by atoms with Gasteiger partial charge in [-0.1, -0.05) is 0 Å². The van der Waals surface area contributed by atoms with Crippen LogP contribution in [0, 0.1) is 6.92 Å². The predicted molar refractivity (Wildman–Crippen MR) is 69.0 cm³/mol. The van der Waals surface area contributed by atoms with E-state index in [0.717, 1.165) is 18.7 Å². The molecule has 1 aromatic heterocycles. The Labute approximate surface area is 112 Å². The molecule has 1 aliphatic rings. The number of carbonyl (C=O) groups is 1. The summed E-state index contributed by atoms with van der Waals surface area (Å²) in [6.07, 6.45) is 0.895. The fourth-order valence-electron chi connectivity index (χ4n) is 2.04. The van der Waals surface area contributed by atoms with E-state index in [-0.39, 0.29) is 12.5 Å². The number of furan rings is 1. The Bertz CT molecular complexity index is 413. The molecule has 1 aliphatic heterocycles. The molecule has 6 heteroatoms. The fraction of sp³-hybridized carbons (Fsp3) is 0.615. The maximum atomic E-state index is 11.8. The van der Waals surface area contributed by atoms with Gasteiger partial charge in [0.05, 0.1) is 25.6 Å². The van der Waals surface area contributed by atoms with Crippen molar-refractivity contribution in [2.45, 2.75) is 13.0 Å². The largest absolute Gasteiger partial charge is 0.459 e. The number of aryl methyl sites for hydroxylation is 1. The zero-order chi connectivity index (χ0) is 13.7. The minimum Gasteiger partial charge on any atom is -0.459 e. The van der Waals surface area contributed by atoms with E-state index in [1.165, 1.54) is 6.26 Å². The van der Waals surface area contributed by atoms with Crippen LogP contribution in [0.25, 0.3) is 0 Å². The molecule has 0 aliphatic carbocycles. The monoisotopic (exact) mass is 268 g/mol. The summed E-state index contributed by atoms with van der Waals surface area (Å²) in [4.78, 5) is 13.9. The second-order valence-corrected chi connectivity index (χ2v) is 4.71. The Morgan fingerprint density at radius 2 is 2.26 bits per heavy atom. The van der Waals surface area contributed by atoms with Gasteiger partial charge in [0.2, 0.25) is 0 Å². The first-order chi connectivity index (χ1) is 9.16. The van der Waals surface area contributed by atoms with Gasteiger partial charge >= 0.3 is 0 Å². The molecule has 1 saturated heterocycles. The van der Waals surface area contributed by atoms with Crippen molar-refractivity contribution in [2.24, 2.45) is 0 Å². The number of aliphatic hydroxyl groups is 1. The Balaban J connectivity index is 1.72. The third kappa shape index (κ3) is 4.05. The molecule has 6 nitrogen and oxygen atoms in total. The van der Waals surface area contributed by atoms with Gasteiger partial charge in [-0.15, -0.1) is 0 Å². The van der Waals surface area contributed by atoms with Crippen LogP contribution in [0.3, 0.4) is 0 Å². The first kappa shape index (κ1) is 14.0. The van der Waals surface area contributed by atoms with Gasteiger partial charge in [0.1, 0.15) is 0 Å². The van der Waals surface area contributed by atoms with Crippen LogP contribution in [0.1, 0.15) is 16.1 Å². The molecular weight excluding hydrogens is 248 g/mol. The van der Waals surface area contributed by atoms with Gasteiger partial charge in [-0.05, 0) is 13.0 Å². The molecule has 1 aromatic rings. The molecule has 1 amide bonds. The summed E-state index contributed by atoms with van der Waals surface area (Å²) < 4.78 is 10.3. The molecule has 0 saturated carbocycles. The van der Waals surface area contributed by atoms with Crippen LogP contribution in [-0.4, -0.2) is 61.4 Å². The summed E-state index contributed by atoms with van der Waals surface area (Å²) in [7, 11) is 0. The molecular formula is C13H20N2O4. The third-order valence-electron chi connectivity index (χ3n) is 3.14. The smallest absolute Gasteiger partial charge is 0.287 e. The quantitative estimate of drug-likeness (QED) is 0.787. The fourth-order valence-corrected chi connectivity index (χ4v) is 2.04. The van der Waals surface area contributed by atoms with E-state index in [9.17, 15) is 9.90 Å². The number of rotatable bonds is 5. The standard InChI is InChI=1S/C13H20N2O4/c1-10-2-5-19-12(10)13(17)14-8-11(16)9-15-3-6-18-7-4-15/h2,5,11,16H,3-4,6-9H2,1H3,(H,14,17). The van der Waals surface area contributed by atoms with Gasteiger partial charge in [0.25, 0.3) is 5.91 Å². The second kappa shape index (κ2) is 6.70. The van der Waals surface area contributed by atoms with Crippen molar-refractivity contribution in [1.29, 1.82) is 0 Å². The lowest BCUT2D eigenvalue weighted by molar-refractivity contribution is 0.0148. The number of amides is 1. The van der Waals surface area contributed by atoms with Gasteiger partial charge in [-0.2, -0.15) is 0 Å². The van der Waals surface area contributed by atoms with Crippen LogP contribution in [-0.2, 0) is 4.74 Å². The second-order valence-electron chi connectivity index (χ2n) is 4.71. The highest BCUT2D eigenvalue weighted by molar-refractivity contribution is 5.92. The molecule has 2 heterocycles. The number of aliphatic hydroxyl groups excluding tert-OH is 1. The Kier molecular flexibility index (Phi) is 4.95. The highest BCUT2D eigenvalue weighted by atomic mass is 16.5. The zero-order valence-corrected chi connectivity index (χ0v) is 11.1. The highest BCUT2D eigenvalue weighted by Crippen LogP contribution is 2.08. The average molecular weight is 268 g/mol. The Morgan fingerprint density at radius 1 is 1.53 bits per heavy atom. The SMILES string of the molecule is Cc1ccoc1C(=O)NCC(O)CN1CCOCC1. The lowest BCUT2D eigenvalue weighted by Gasteiger charge is -2.28. The predicted octanol–water partition coefficient (Wildman–Crippen LogP) is 0.0109. The van der Waals surface area contributed by atoms with Gasteiger partial charge in [-0.25, -0.2) is 0 Å². The number of ether oxygens (including phenoxy) is 1. The third-order valence-corrected chi connectivity index (χ3v) is 3.14. The summed E-state index contributed by atoms with van der Waals surface area (Å²) in [6.45, 7) is 5.61. The average Bonchev–Trinajstić information content (AvgIpc) is 2.83. The van der Waals surface area contributed by atoms with Crippen molar-refractivity contribution < 1.29 is 19.1 Å². The highest BCUT2D eigenvalue weighted by Gasteiger charge is 2.17. The summed E-state index contributed by atoms with van der Waals surface area (Å²) in [6, 6.07) is 1.74. The van der Waals surface area contributed by atoms with Crippen molar-refractivity contribution in [3.8, 4) is 0 Å². The number of carbonyl (C=O) groups excluding carboxylic acids is 1. The number of nitrogens with one attached hydrogen (secondary N) is 1. The van der Waals surface area contributed by atoms with Gasteiger partial charge in [-0.3, -0.25) is 9.69 Å². The first-order valence-corrected chi connectivity index (χ1v) is 6.47. The first-order valence-electron chi connectivity index (χ1n) is 6.47. The number of hydrogen-bond donors (Lipinski definition) is 2. The number of nitrogens with zero attached hydrogens (tertiary/aromatic N) is 1. The molecule has 19 heavy (non-hydrogen) atoms. The van der Waals surface area contributed by atoms with Gasteiger partial charge in [0.15, 0.2) is 5.76 Å². The topological polar surface area (TPSA) is 74.9 Å². The van der Waals surface area contributed by atoms with E-state index < -0.39 is 6.10 Å². The van der Waals surface area contributed by atoms with E-state index in [4.69, 9.17) is 9.15 Å². The van der Waals surface area contributed by atoms with Crippen LogP contribution in [0.2, 0.25) is 0 Å².